The van der Waals surface area contributed by atoms with Gasteiger partial charge >= 0.3 is 0 Å². The van der Waals surface area contributed by atoms with E-state index in [-0.39, 0.29) is 6.04 Å². The summed E-state index contributed by atoms with van der Waals surface area (Å²) < 4.78 is 0. The van der Waals surface area contributed by atoms with Gasteiger partial charge in [0.25, 0.3) is 0 Å². The smallest absolute Gasteiger partial charge is 0.148 e. The van der Waals surface area contributed by atoms with E-state index in [0.717, 1.165) is 40.7 Å². The minimum atomic E-state index is 0.240. The minimum Gasteiger partial charge on any atom is -0.295 e. The van der Waals surface area contributed by atoms with Crippen LogP contribution in [0, 0.1) is 6.92 Å². The largest absolute Gasteiger partial charge is 0.295 e. The van der Waals surface area contributed by atoms with Crippen LogP contribution in [0.1, 0.15) is 17.4 Å². The quantitative estimate of drug-likeness (QED) is 0.787. The first-order valence-electron chi connectivity index (χ1n) is 7.04. The molecule has 1 aliphatic rings. The topological polar surface area (TPSA) is 29.0 Å². The second kappa shape index (κ2) is 6.34. The number of benzene rings is 1. The first-order chi connectivity index (χ1) is 10.2. The van der Waals surface area contributed by atoms with Gasteiger partial charge < -0.3 is 0 Å². The molecule has 110 valence electrons. The van der Waals surface area contributed by atoms with Gasteiger partial charge in [-0.3, -0.25) is 4.90 Å². The van der Waals surface area contributed by atoms with Crippen LogP contribution < -0.4 is 0 Å². The highest BCUT2D eigenvalue weighted by atomic mass is 35.5. The van der Waals surface area contributed by atoms with E-state index in [4.69, 9.17) is 16.6 Å². The van der Waals surface area contributed by atoms with E-state index in [1.807, 2.05) is 36.9 Å². The van der Waals surface area contributed by atoms with Gasteiger partial charge in [0.2, 0.25) is 0 Å². The second-order valence-corrected chi connectivity index (χ2v) is 6.79. The van der Waals surface area contributed by atoms with Gasteiger partial charge in [0.15, 0.2) is 0 Å². The van der Waals surface area contributed by atoms with E-state index >= 15 is 0 Å². The lowest BCUT2D eigenvalue weighted by molar-refractivity contribution is 0.264. The van der Waals surface area contributed by atoms with Crippen LogP contribution in [0.2, 0.25) is 5.15 Å². The summed E-state index contributed by atoms with van der Waals surface area (Å²) in [6.07, 6.45) is 0. The van der Waals surface area contributed by atoms with Crippen LogP contribution >= 0.6 is 23.4 Å². The standard InChI is InChI=1S/C16H18ClN3S/c1-11-14(12-6-4-3-5-7-12)18-16(19-15(11)17)13-10-21-9-8-20(13)2/h3-7,13H,8-10H2,1-2H3. The summed E-state index contributed by atoms with van der Waals surface area (Å²) in [5.41, 5.74) is 2.97. The molecule has 0 radical (unpaired) electrons. The van der Waals surface area contributed by atoms with Gasteiger partial charge in [0, 0.05) is 29.2 Å². The van der Waals surface area contributed by atoms with Crippen molar-refractivity contribution in [3.05, 3.63) is 46.9 Å². The zero-order valence-electron chi connectivity index (χ0n) is 12.2. The highest BCUT2D eigenvalue weighted by Gasteiger charge is 2.25. The number of hydrogen-bond donors (Lipinski definition) is 0. The number of aromatic nitrogens is 2. The predicted molar refractivity (Wildman–Crippen MR) is 89.9 cm³/mol. The third kappa shape index (κ3) is 3.07. The Bertz CT molecular complexity index is 633. The Hall–Kier alpha value is -1.10. The van der Waals surface area contributed by atoms with Crippen molar-refractivity contribution in [2.45, 2.75) is 13.0 Å². The molecule has 0 N–H and O–H groups in total. The van der Waals surface area contributed by atoms with Crippen LogP contribution in [0.15, 0.2) is 30.3 Å². The highest BCUT2D eigenvalue weighted by Crippen LogP contribution is 2.31. The van der Waals surface area contributed by atoms with Crippen molar-refractivity contribution in [3.63, 3.8) is 0 Å². The molecule has 0 bridgehead atoms. The van der Waals surface area contributed by atoms with Crippen LogP contribution in [0.5, 0.6) is 0 Å². The summed E-state index contributed by atoms with van der Waals surface area (Å²) >= 11 is 8.31. The third-order valence-corrected chi connectivity index (χ3v) is 5.24. The van der Waals surface area contributed by atoms with Crippen molar-refractivity contribution in [1.82, 2.24) is 14.9 Å². The van der Waals surface area contributed by atoms with Crippen LogP contribution in [-0.2, 0) is 0 Å². The van der Waals surface area contributed by atoms with Gasteiger partial charge in [-0.15, -0.1) is 0 Å². The molecule has 1 atom stereocenters. The van der Waals surface area contributed by atoms with Crippen LogP contribution in [0.4, 0.5) is 0 Å². The molecule has 5 heteroatoms. The van der Waals surface area contributed by atoms with E-state index in [1.54, 1.807) is 0 Å². The lowest BCUT2D eigenvalue weighted by Gasteiger charge is -2.31. The number of nitrogens with zero attached hydrogens (tertiary/aromatic N) is 3. The third-order valence-electron chi connectivity index (χ3n) is 3.85. The predicted octanol–water partition coefficient (Wildman–Crippen LogP) is 3.83. The molecule has 1 aromatic carbocycles. The molecule has 2 aromatic rings. The maximum absolute atomic E-state index is 6.36. The van der Waals surface area contributed by atoms with Gasteiger partial charge in [-0.05, 0) is 14.0 Å². The lowest BCUT2D eigenvalue weighted by Crippen LogP contribution is -2.34. The second-order valence-electron chi connectivity index (χ2n) is 5.28. The molecule has 3 rings (SSSR count). The zero-order valence-corrected chi connectivity index (χ0v) is 13.8. The van der Waals surface area contributed by atoms with Crippen molar-refractivity contribution >= 4 is 23.4 Å². The fourth-order valence-electron chi connectivity index (χ4n) is 2.49. The van der Waals surface area contributed by atoms with Crippen LogP contribution in [0.3, 0.4) is 0 Å². The SMILES string of the molecule is Cc1c(Cl)nc(C2CSCCN2C)nc1-c1ccccc1. The Balaban J connectivity index is 2.05. The molecule has 3 nitrogen and oxygen atoms in total. The van der Waals surface area contributed by atoms with E-state index < -0.39 is 0 Å². The first-order valence-corrected chi connectivity index (χ1v) is 8.57. The van der Waals surface area contributed by atoms with Crippen LogP contribution in [0.25, 0.3) is 11.3 Å². The lowest BCUT2D eigenvalue weighted by atomic mass is 10.1. The molecule has 0 saturated carbocycles. The molecule has 1 saturated heterocycles. The van der Waals surface area contributed by atoms with Gasteiger partial charge in [-0.1, -0.05) is 41.9 Å². The van der Waals surface area contributed by atoms with Crippen molar-refractivity contribution < 1.29 is 0 Å². The number of halogens is 1. The Morgan fingerprint density at radius 2 is 2.00 bits per heavy atom. The molecule has 1 aromatic heterocycles. The fourth-order valence-corrected chi connectivity index (χ4v) is 3.88. The summed E-state index contributed by atoms with van der Waals surface area (Å²) in [6, 6.07) is 10.4. The molecular weight excluding hydrogens is 302 g/mol. The molecule has 1 fully saturated rings. The summed E-state index contributed by atoms with van der Waals surface area (Å²) in [5.74, 6) is 3.02. The first kappa shape index (κ1) is 14.8. The minimum absolute atomic E-state index is 0.240. The number of hydrogen-bond acceptors (Lipinski definition) is 4. The van der Waals surface area contributed by atoms with Gasteiger partial charge in [0.05, 0.1) is 11.7 Å². The molecule has 0 aliphatic carbocycles. The molecule has 0 spiro atoms. The van der Waals surface area contributed by atoms with Crippen molar-refractivity contribution in [2.75, 3.05) is 25.1 Å². The van der Waals surface area contributed by atoms with Gasteiger partial charge in [-0.2, -0.15) is 11.8 Å². The maximum Gasteiger partial charge on any atom is 0.148 e. The average molecular weight is 320 g/mol. The van der Waals surface area contributed by atoms with E-state index in [2.05, 4.69) is 29.1 Å². The molecular formula is C16H18ClN3S. The zero-order chi connectivity index (χ0) is 14.8. The van der Waals surface area contributed by atoms with Crippen molar-refractivity contribution in [1.29, 1.82) is 0 Å². The summed E-state index contributed by atoms with van der Waals surface area (Å²) in [6.45, 7) is 3.04. The van der Waals surface area contributed by atoms with Crippen LogP contribution in [-0.4, -0.2) is 40.0 Å². The summed E-state index contributed by atoms with van der Waals surface area (Å²) in [7, 11) is 2.13. The van der Waals surface area contributed by atoms with E-state index in [0.29, 0.717) is 5.15 Å². The Kier molecular flexibility index (Phi) is 4.48. The van der Waals surface area contributed by atoms with E-state index in [9.17, 15) is 0 Å². The molecule has 21 heavy (non-hydrogen) atoms. The maximum atomic E-state index is 6.36. The number of rotatable bonds is 2. The molecule has 1 unspecified atom stereocenters. The van der Waals surface area contributed by atoms with Crippen molar-refractivity contribution in [2.24, 2.45) is 0 Å². The molecule has 0 amide bonds. The van der Waals surface area contributed by atoms with Gasteiger partial charge in [-0.25, -0.2) is 9.97 Å². The number of thioether (sulfide) groups is 1. The summed E-state index contributed by atoms with van der Waals surface area (Å²) in [5, 5.41) is 0.558. The normalized spacial score (nSPS) is 19.7. The Labute approximate surface area is 134 Å². The fraction of sp³-hybridized carbons (Fsp3) is 0.375. The highest BCUT2D eigenvalue weighted by molar-refractivity contribution is 7.99. The van der Waals surface area contributed by atoms with Crippen molar-refractivity contribution in [3.8, 4) is 11.3 Å². The molecule has 1 aliphatic heterocycles. The van der Waals surface area contributed by atoms with E-state index in [1.165, 1.54) is 0 Å². The summed E-state index contributed by atoms with van der Waals surface area (Å²) in [4.78, 5) is 11.7. The average Bonchev–Trinajstić information content (AvgIpc) is 2.51. The van der Waals surface area contributed by atoms with Gasteiger partial charge in [0.1, 0.15) is 11.0 Å². The molecule has 2 heterocycles. The Morgan fingerprint density at radius 3 is 2.71 bits per heavy atom. The monoisotopic (exact) mass is 319 g/mol. The Morgan fingerprint density at radius 1 is 1.24 bits per heavy atom.